The maximum Gasteiger partial charge on any atom is 0.272 e. The van der Waals surface area contributed by atoms with Crippen molar-refractivity contribution in [3.8, 4) is 0 Å². The van der Waals surface area contributed by atoms with Crippen molar-refractivity contribution in [3.05, 3.63) is 24.0 Å². The normalized spacial score (nSPS) is 16.5. The summed E-state index contributed by atoms with van der Waals surface area (Å²) in [5.41, 5.74) is 1.53. The van der Waals surface area contributed by atoms with Gasteiger partial charge in [-0.1, -0.05) is 20.8 Å². The summed E-state index contributed by atoms with van der Waals surface area (Å²) in [7, 11) is 0. The predicted molar refractivity (Wildman–Crippen MR) is 81.9 cm³/mol. The fraction of sp³-hybridized carbons (Fsp3) is 0.625. The molecule has 2 rings (SSSR count). The van der Waals surface area contributed by atoms with Crippen molar-refractivity contribution in [2.75, 3.05) is 25.0 Å². The Bertz CT molecular complexity index is 434. The van der Waals surface area contributed by atoms with Gasteiger partial charge in [-0.25, -0.2) is 4.98 Å². The summed E-state index contributed by atoms with van der Waals surface area (Å²) in [6, 6.07) is 3.76. The van der Waals surface area contributed by atoms with Crippen molar-refractivity contribution in [2.45, 2.75) is 33.6 Å². The van der Waals surface area contributed by atoms with Crippen LogP contribution >= 0.6 is 0 Å². The second-order valence-electron chi connectivity index (χ2n) is 6.18. The lowest BCUT2D eigenvalue weighted by Gasteiger charge is -2.30. The fourth-order valence-electron chi connectivity index (χ4n) is 2.32. The number of carbonyl (C=O) groups is 1. The van der Waals surface area contributed by atoms with Crippen LogP contribution in [-0.2, 0) is 0 Å². The van der Waals surface area contributed by atoms with Crippen LogP contribution in [0.15, 0.2) is 18.3 Å². The highest BCUT2D eigenvalue weighted by Gasteiger charge is 2.22. The second-order valence-corrected chi connectivity index (χ2v) is 6.18. The average Bonchev–Trinajstić information content (AvgIpc) is 2.46. The molecule has 0 aliphatic carbocycles. The van der Waals surface area contributed by atoms with E-state index in [9.17, 15) is 4.79 Å². The maximum absolute atomic E-state index is 12.3. The van der Waals surface area contributed by atoms with E-state index in [0.29, 0.717) is 11.6 Å². The Morgan fingerprint density at radius 2 is 2.10 bits per heavy atom. The lowest BCUT2D eigenvalue weighted by molar-refractivity contribution is 0.0691. The van der Waals surface area contributed by atoms with Gasteiger partial charge < -0.3 is 10.2 Å². The molecular formula is C16H25N3O. The molecule has 4 heteroatoms. The van der Waals surface area contributed by atoms with Gasteiger partial charge in [0.2, 0.25) is 0 Å². The average molecular weight is 275 g/mol. The van der Waals surface area contributed by atoms with Gasteiger partial charge in [-0.2, -0.15) is 0 Å². The molecule has 0 saturated carbocycles. The van der Waals surface area contributed by atoms with Crippen LogP contribution in [0.4, 0.5) is 5.69 Å². The van der Waals surface area contributed by atoms with Gasteiger partial charge in [-0.05, 0) is 36.8 Å². The highest BCUT2D eigenvalue weighted by molar-refractivity contribution is 5.92. The first-order chi connectivity index (χ1) is 9.56. The molecular weight excluding hydrogens is 250 g/mol. The van der Waals surface area contributed by atoms with E-state index >= 15 is 0 Å². The molecule has 0 radical (unpaired) electrons. The van der Waals surface area contributed by atoms with E-state index in [-0.39, 0.29) is 5.91 Å². The molecule has 0 bridgehead atoms. The van der Waals surface area contributed by atoms with Crippen molar-refractivity contribution in [1.29, 1.82) is 0 Å². The third-order valence-electron chi connectivity index (χ3n) is 3.77. The van der Waals surface area contributed by atoms with Crippen LogP contribution in [-0.4, -0.2) is 35.4 Å². The first kappa shape index (κ1) is 14.8. The van der Waals surface area contributed by atoms with Gasteiger partial charge >= 0.3 is 0 Å². The fourth-order valence-corrected chi connectivity index (χ4v) is 2.32. The van der Waals surface area contributed by atoms with Crippen LogP contribution in [0.25, 0.3) is 0 Å². The highest BCUT2D eigenvalue weighted by Crippen LogP contribution is 2.18. The number of nitrogens with one attached hydrogen (secondary N) is 1. The molecule has 0 unspecified atom stereocenters. The van der Waals surface area contributed by atoms with Gasteiger partial charge in [0.1, 0.15) is 5.69 Å². The van der Waals surface area contributed by atoms with E-state index in [0.717, 1.165) is 44.1 Å². The summed E-state index contributed by atoms with van der Waals surface area (Å²) in [4.78, 5) is 18.5. The van der Waals surface area contributed by atoms with Crippen LogP contribution in [0, 0.1) is 11.8 Å². The summed E-state index contributed by atoms with van der Waals surface area (Å²) in [6.07, 6.45) is 3.95. The van der Waals surface area contributed by atoms with E-state index in [1.807, 2.05) is 17.0 Å². The first-order valence-electron chi connectivity index (χ1n) is 7.55. The number of anilines is 1. The summed E-state index contributed by atoms with van der Waals surface area (Å²) in [5, 5.41) is 3.31. The van der Waals surface area contributed by atoms with E-state index in [2.05, 4.69) is 31.1 Å². The second kappa shape index (κ2) is 6.73. The number of amides is 1. The maximum atomic E-state index is 12.3. The number of rotatable bonds is 4. The standard InChI is InChI=1S/C16H25N3O/c1-12(2)10-17-14-4-5-15(18-11-14)16(20)19-8-6-13(3)7-9-19/h4-5,11-13,17H,6-10H2,1-3H3. The van der Waals surface area contributed by atoms with Crippen molar-refractivity contribution in [1.82, 2.24) is 9.88 Å². The molecule has 1 aromatic heterocycles. The quantitative estimate of drug-likeness (QED) is 0.918. The zero-order valence-corrected chi connectivity index (χ0v) is 12.7. The van der Waals surface area contributed by atoms with Gasteiger partial charge in [0.15, 0.2) is 0 Å². The van der Waals surface area contributed by atoms with Crippen LogP contribution in [0.2, 0.25) is 0 Å². The zero-order valence-electron chi connectivity index (χ0n) is 12.7. The van der Waals surface area contributed by atoms with E-state index < -0.39 is 0 Å². The number of hydrogen-bond donors (Lipinski definition) is 1. The third kappa shape index (κ3) is 3.95. The Morgan fingerprint density at radius 3 is 2.65 bits per heavy atom. The Balaban J connectivity index is 1.93. The molecule has 1 aliphatic heterocycles. The molecule has 2 heterocycles. The van der Waals surface area contributed by atoms with Gasteiger partial charge in [-0.15, -0.1) is 0 Å². The molecule has 1 aromatic rings. The van der Waals surface area contributed by atoms with Gasteiger partial charge in [0.25, 0.3) is 5.91 Å². The van der Waals surface area contributed by atoms with Crippen molar-refractivity contribution < 1.29 is 4.79 Å². The molecule has 1 fully saturated rings. The van der Waals surface area contributed by atoms with Crippen LogP contribution in [0.5, 0.6) is 0 Å². The molecule has 0 spiro atoms. The molecule has 20 heavy (non-hydrogen) atoms. The molecule has 0 atom stereocenters. The number of carbonyl (C=O) groups excluding carboxylic acids is 1. The van der Waals surface area contributed by atoms with Gasteiger partial charge in [-0.3, -0.25) is 4.79 Å². The van der Waals surface area contributed by atoms with Crippen molar-refractivity contribution >= 4 is 11.6 Å². The largest absolute Gasteiger partial charge is 0.384 e. The molecule has 1 saturated heterocycles. The number of hydrogen-bond acceptors (Lipinski definition) is 3. The number of piperidine rings is 1. The van der Waals surface area contributed by atoms with Crippen LogP contribution in [0.3, 0.4) is 0 Å². The molecule has 1 N–H and O–H groups in total. The SMILES string of the molecule is CC(C)CNc1ccc(C(=O)N2CCC(C)CC2)nc1. The van der Waals surface area contributed by atoms with Crippen LogP contribution < -0.4 is 5.32 Å². The molecule has 110 valence electrons. The molecule has 1 amide bonds. The van der Waals surface area contributed by atoms with Gasteiger partial charge in [0.05, 0.1) is 11.9 Å². The van der Waals surface area contributed by atoms with Crippen molar-refractivity contribution in [2.24, 2.45) is 11.8 Å². The lowest BCUT2D eigenvalue weighted by atomic mass is 9.99. The Hall–Kier alpha value is -1.58. The first-order valence-corrected chi connectivity index (χ1v) is 7.55. The summed E-state index contributed by atoms with van der Waals surface area (Å²) in [5.74, 6) is 1.38. The number of likely N-dealkylation sites (tertiary alicyclic amines) is 1. The Kier molecular flexibility index (Phi) is 4.99. The number of pyridine rings is 1. The zero-order chi connectivity index (χ0) is 14.5. The van der Waals surface area contributed by atoms with E-state index in [4.69, 9.17) is 0 Å². The van der Waals surface area contributed by atoms with Crippen molar-refractivity contribution in [3.63, 3.8) is 0 Å². The Morgan fingerprint density at radius 1 is 1.40 bits per heavy atom. The minimum atomic E-state index is 0.0623. The summed E-state index contributed by atoms with van der Waals surface area (Å²) >= 11 is 0. The highest BCUT2D eigenvalue weighted by atomic mass is 16.2. The van der Waals surface area contributed by atoms with Gasteiger partial charge in [0, 0.05) is 19.6 Å². The minimum Gasteiger partial charge on any atom is -0.384 e. The predicted octanol–water partition coefficient (Wildman–Crippen LogP) is 3.02. The number of aromatic nitrogens is 1. The lowest BCUT2D eigenvalue weighted by Crippen LogP contribution is -2.38. The van der Waals surface area contributed by atoms with E-state index in [1.165, 1.54) is 0 Å². The molecule has 1 aliphatic rings. The Labute approximate surface area is 121 Å². The topological polar surface area (TPSA) is 45.2 Å². The number of nitrogens with zero attached hydrogens (tertiary/aromatic N) is 2. The third-order valence-corrected chi connectivity index (χ3v) is 3.77. The smallest absolute Gasteiger partial charge is 0.272 e. The summed E-state index contributed by atoms with van der Waals surface area (Å²) in [6.45, 7) is 9.20. The monoisotopic (exact) mass is 275 g/mol. The minimum absolute atomic E-state index is 0.0623. The summed E-state index contributed by atoms with van der Waals surface area (Å²) < 4.78 is 0. The van der Waals surface area contributed by atoms with E-state index in [1.54, 1.807) is 6.20 Å². The molecule has 4 nitrogen and oxygen atoms in total. The van der Waals surface area contributed by atoms with Crippen LogP contribution in [0.1, 0.15) is 44.1 Å². The molecule has 0 aromatic carbocycles.